The van der Waals surface area contributed by atoms with Gasteiger partial charge in [-0.25, -0.2) is 10.9 Å². The molecule has 0 aromatic heterocycles. The van der Waals surface area contributed by atoms with Gasteiger partial charge in [-0.15, -0.1) is 0 Å². The van der Waals surface area contributed by atoms with E-state index in [4.69, 9.17) is 0 Å². The largest absolute Gasteiger partial charge is 0.507 e. The molecule has 0 spiro atoms. The smallest absolute Gasteiger partial charge is 0.418 e. The molecule has 1 amide bonds. The Morgan fingerprint density at radius 1 is 1.15 bits per heavy atom. The number of amides is 1. The number of para-hydroxylation sites is 2. The Kier molecular flexibility index (Phi) is 4.88. The molecule has 0 bridgehead atoms. The van der Waals surface area contributed by atoms with Crippen LogP contribution in [0.5, 0.6) is 5.75 Å². The lowest BCUT2D eigenvalue weighted by molar-refractivity contribution is -0.137. The summed E-state index contributed by atoms with van der Waals surface area (Å²) in [5.41, 5.74) is 5.84. The number of aromatic hydroxyl groups is 1. The Bertz CT molecular complexity index is 824. The van der Waals surface area contributed by atoms with Gasteiger partial charge in [0, 0.05) is 5.56 Å². The second-order valence-electron chi connectivity index (χ2n) is 6.17. The van der Waals surface area contributed by atoms with Gasteiger partial charge in [0.2, 0.25) is 5.91 Å². The molecule has 2 atom stereocenters. The van der Waals surface area contributed by atoms with Gasteiger partial charge < -0.3 is 10.4 Å². The highest BCUT2D eigenvalue weighted by Gasteiger charge is 2.36. The van der Waals surface area contributed by atoms with Crippen molar-refractivity contribution in [3.63, 3.8) is 0 Å². The van der Waals surface area contributed by atoms with E-state index in [1.165, 1.54) is 18.2 Å². The van der Waals surface area contributed by atoms with E-state index in [2.05, 4.69) is 16.2 Å². The maximum absolute atomic E-state index is 13.0. The maximum Gasteiger partial charge on any atom is 0.418 e. The van der Waals surface area contributed by atoms with Crippen LogP contribution < -0.4 is 16.2 Å². The van der Waals surface area contributed by atoms with E-state index in [0.717, 1.165) is 6.07 Å². The Hall–Kier alpha value is -2.58. The van der Waals surface area contributed by atoms with E-state index < -0.39 is 23.7 Å². The monoisotopic (exact) mass is 365 g/mol. The number of carbonyl (C=O) groups excluding carboxylic acids is 1. The zero-order valence-electron chi connectivity index (χ0n) is 13.9. The van der Waals surface area contributed by atoms with Crippen LogP contribution in [0.25, 0.3) is 0 Å². The lowest BCUT2D eigenvalue weighted by Gasteiger charge is -2.16. The zero-order valence-corrected chi connectivity index (χ0v) is 13.9. The number of carbonyl (C=O) groups is 1. The van der Waals surface area contributed by atoms with Crippen LogP contribution in [0.2, 0.25) is 0 Å². The number of phenols is 1. The summed E-state index contributed by atoms with van der Waals surface area (Å²) in [6, 6.07) is 9.06. The van der Waals surface area contributed by atoms with Crippen molar-refractivity contribution in [3.05, 3.63) is 59.2 Å². The molecule has 26 heavy (non-hydrogen) atoms. The van der Waals surface area contributed by atoms with Crippen molar-refractivity contribution >= 4 is 11.6 Å². The van der Waals surface area contributed by atoms with Crippen molar-refractivity contribution in [1.29, 1.82) is 0 Å². The Labute approximate surface area is 148 Å². The van der Waals surface area contributed by atoms with E-state index in [9.17, 15) is 23.1 Å². The fraction of sp³-hybridized carbons (Fsp3) is 0.278. The molecule has 1 heterocycles. The van der Waals surface area contributed by atoms with E-state index >= 15 is 0 Å². The predicted molar refractivity (Wildman–Crippen MR) is 90.3 cm³/mol. The molecular weight excluding hydrogens is 347 g/mol. The topological polar surface area (TPSA) is 73.4 Å². The van der Waals surface area contributed by atoms with Crippen LogP contribution in [0.1, 0.15) is 29.2 Å². The van der Waals surface area contributed by atoms with Crippen LogP contribution in [-0.2, 0) is 11.0 Å². The van der Waals surface area contributed by atoms with E-state index in [-0.39, 0.29) is 23.9 Å². The summed E-state index contributed by atoms with van der Waals surface area (Å²) in [5, 5.41) is 12.5. The standard InChI is InChI=1S/C18H18F3N3O2/c1-10-5-4-6-11(16(10)25)14-9-15(24-23-14)17(26)22-13-8-3-2-7-12(13)18(19,20)21/h2-8,14-15,23-25H,9H2,1H3,(H,22,26). The third-order valence-electron chi connectivity index (χ3n) is 4.35. The summed E-state index contributed by atoms with van der Waals surface area (Å²) >= 11 is 0. The van der Waals surface area contributed by atoms with E-state index in [0.29, 0.717) is 11.1 Å². The number of aryl methyl sites for hydroxylation is 1. The zero-order chi connectivity index (χ0) is 18.9. The van der Waals surface area contributed by atoms with Crippen molar-refractivity contribution in [2.45, 2.75) is 31.6 Å². The molecule has 1 saturated heterocycles. The van der Waals surface area contributed by atoms with Gasteiger partial charge in [0.15, 0.2) is 0 Å². The molecule has 138 valence electrons. The number of benzene rings is 2. The summed E-state index contributed by atoms with van der Waals surface area (Å²) in [5.74, 6) is -0.445. The minimum Gasteiger partial charge on any atom is -0.507 e. The molecule has 8 heteroatoms. The number of rotatable bonds is 3. The number of hydrazine groups is 1. The van der Waals surface area contributed by atoms with Crippen molar-refractivity contribution in [3.8, 4) is 5.75 Å². The van der Waals surface area contributed by atoms with Gasteiger partial charge in [0.05, 0.1) is 17.3 Å². The lowest BCUT2D eigenvalue weighted by Crippen LogP contribution is -2.39. The predicted octanol–water partition coefficient (Wildman–Crippen LogP) is 3.27. The number of anilines is 1. The summed E-state index contributed by atoms with van der Waals surface area (Å²) in [6.07, 6.45) is -4.27. The molecular formula is C18H18F3N3O2. The maximum atomic E-state index is 13.0. The van der Waals surface area contributed by atoms with Gasteiger partial charge >= 0.3 is 6.18 Å². The van der Waals surface area contributed by atoms with Gasteiger partial charge in [-0.3, -0.25) is 4.79 Å². The normalized spacial score (nSPS) is 20.2. The summed E-state index contributed by atoms with van der Waals surface area (Å²) in [7, 11) is 0. The van der Waals surface area contributed by atoms with Crippen LogP contribution in [0.3, 0.4) is 0 Å². The Morgan fingerprint density at radius 3 is 2.62 bits per heavy atom. The first-order valence-electron chi connectivity index (χ1n) is 8.04. The minimum absolute atomic E-state index is 0.135. The number of nitrogens with one attached hydrogen (secondary N) is 3. The second-order valence-corrected chi connectivity index (χ2v) is 6.17. The Balaban J connectivity index is 1.72. The van der Waals surface area contributed by atoms with E-state index in [1.54, 1.807) is 25.1 Å². The second kappa shape index (κ2) is 6.97. The molecule has 2 aromatic carbocycles. The highest BCUT2D eigenvalue weighted by Crippen LogP contribution is 2.35. The number of phenolic OH excluding ortho intramolecular Hbond substituents is 1. The molecule has 3 rings (SSSR count). The molecule has 1 fully saturated rings. The number of halogens is 3. The van der Waals surface area contributed by atoms with E-state index in [1.807, 2.05) is 0 Å². The van der Waals surface area contributed by atoms with Crippen molar-refractivity contribution < 1.29 is 23.1 Å². The third-order valence-corrected chi connectivity index (χ3v) is 4.35. The fourth-order valence-corrected chi connectivity index (χ4v) is 2.95. The van der Waals surface area contributed by atoms with Gasteiger partial charge in [-0.1, -0.05) is 30.3 Å². The third kappa shape index (κ3) is 3.66. The molecule has 5 nitrogen and oxygen atoms in total. The minimum atomic E-state index is -4.55. The van der Waals surface area contributed by atoms with Crippen LogP contribution in [0.4, 0.5) is 18.9 Å². The van der Waals surface area contributed by atoms with Crippen molar-refractivity contribution in [2.24, 2.45) is 0 Å². The first-order chi connectivity index (χ1) is 12.3. The number of alkyl halides is 3. The average molecular weight is 365 g/mol. The van der Waals surface area contributed by atoms with Crippen LogP contribution in [0.15, 0.2) is 42.5 Å². The summed E-state index contributed by atoms with van der Waals surface area (Å²) in [4.78, 5) is 12.4. The highest BCUT2D eigenvalue weighted by molar-refractivity contribution is 5.95. The van der Waals surface area contributed by atoms with Crippen molar-refractivity contribution in [2.75, 3.05) is 5.32 Å². The van der Waals surface area contributed by atoms with Gasteiger partial charge in [-0.05, 0) is 31.0 Å². The molecule has 0 aliphatic carbocycles. The van der Waals surface area contributed by atoms with Gasteiger partial charge in [0.25, 0.3) is 0 Å². The molecule has 0 radical (unpaired) electrons. The SMILES string of the molecule is Cc1cccc(C2CC(C(=O)Nc3ccccc3C(F)(F)F)NN2)c1O. The number of hydrogen-bond donors (Lipinski definition) is 4. The highest BCUT2D eigenvalue weighted by atomic mass is 19.4. The van der Waals surface area contributed by atoms with Gasteiger partial charge in [0.1, 0.15) is 11.8 Å². The van der Waals surface area contributed by atoms with Gasteiger partial charge in [-0.2, -0.15) is 13.2 Å². The molecule has 0 saturated carbocycles. The van der Waals surface area contributed by atoms with Crippen LogP contribution >= 0.6 is 0 Å². The average Bonchev–Trinajstić information content (AvgIpc) is 3.07. The fourth-order valence-electron chi connectivity index (χ4n) is 2.95. The van der Waals surface area contributed by atoms with Crippen LogP contribution in [0, 0.1) is 6.92 Å². The summed E-state index contributed by atoms with van der Waals surface area (Å²) < 4.78 is 39.1. The van der Waals surface area contributed by atoms with Crippen molar-refractivity contribution in [1.82, 2.24) is 10.9 Å². The molecule has 1 aliphatic heterocycles. The van der Waals surface area contributed by atoms with Crippen LogP contribution in [-0.4, -0.2) is 17.1 Å². The molecule has 2 unspecified atom stereocenters. The quantitative estimate of drug-likeness (QED) is 0.674. The number of hydrogen-bond acceptors (Lipinski definition) is 4. The first kappa shape index (κ1) is 18.2. The first-order valence-corrected chi connectivity index (χ1v) is 8.04. The molecule has 1 aliphatic rings. The summed E-state index contributed by atoms with van der Waals surface area (Å²) in [6.45, 7) is 1.76. The molecule has 4 N–H and O–H groups in total. The molecule has 2 aromatic rings. The lowest BCUT2D eigenvalue weighted by atomic mass is 9.98. The Morgan fingerprint density at radius 2 is 1.88 bits per heavy atom.